The van der Waals surface area contributed by atoms with E-state index in [2.05, 4.69) is 49.4 Å². The molecule has 2 unspecified atom stereocenters. The zero-order valence-corrected chi connectivity index (χ0v) is 18.3. The van der Waals surface area contributed by atoms with E-state index >= 15 is 0 Å². The van der Waals surface area contributed by atoms with Crippen molar-refractivity contribution in [1.29, 1.82) is 0 Å². The van der Waals surface area contributed by atoms with Gasteiger partial charge in [-0.2, -0.15) is 8.42 Å². The van der Waals surface area contributed by atoms with Crippen LogP contribution in [0.25, 0.3) is 0 Å². The summed E-state index contributed by atoms with van der Waals surface area (Å²) < 4.78 is 29.5. The molecule has 0 aromatic heterocycles. The van der Waals surface area contributed by atoms with Gasteiger partial charge in [0.25, 0.3) is 10.1 Å². The van der Waals surface area contributed by atoms with Crippen molar-refractivity contribution in [3.05, 3.63) is 84.5 Å². The molecule has 0 spiro atoms. The highest BCUT2D eigenvalue weighted by Crippen LogP contribution is 2.54. The van der Waals surface area contributed by atoms with Crippen LogP contribution >= 0.6 is 7.92 Å². The minimum atomic E-state index is -3.56. The van der Waals surface area contributed by atoms with Crippen molar-refractivity contribution in [2.45, 2.75) is 37.9 Å². The Bertz CT molecular complexity index is 912. The first kappa shape index (κ1) is 21.0. The van der Waals surface area contributed by atoms with E-state index in [1.807, 2.05) is 43.3 Å². The Labute approximate surface area is 170 Å². The van der Waals surface area contributed by atoms with Gasteiger partial charge in [0.05, 0.1) is 12.4 Å². The van der Waals surface area contributed by atoms with Gasteiger partial charge in [-0.05, 0) is 38.3 Å². The molecule has 0 amide bonds. The van der Waals surface area contributed by atoms with Crippen molar-refractivity contribution < 1.29 is 12.6 Å². The molecular formula is C23H27O3PS. The van der Waals surface area contributed by atoms with Gasteiger partial charge in [0, 0.05) is 5.16 Å². The summed E-state index contributed by atoms with van der Waals surface area (Å²) in [5.74, 6) is 0. The van der Waals surface area contributed by atoms with Gasteiger partial charge in [-0.1, -0.05) is 91.4 Å². The molecular weight excluding hydrogens is 387 g/mol. The fourth-order valence-electron chi connectivity index (χ4n) is 3.75. The smallest absolute Gasteiger partial charge is 0.264 e. The molecule has 28 heavy (non-hydrogen) atoms. The molecule has 0 fully saturated rings. The Morgan fingerprint density at radius 3 is 2.00 bits per heavy atom. The normalized spacial score (nSPS) is 17.4. The molecule has 0 aliphatic heterocycles. The first-order chi connectivity index (χ1) is 13.3. The minimum absolute atomic E-state index is 0.390. The molecule has 3 nitrogen and oxygen atoms in total. The summed E-state index contributed by atoms with van der Waals surface area (Å²) in [5, 5.41) is 2.06. The lowest BCUT2D eigenvalue weighted by atomic mass is 9.95. The summed E-state index contributed by atoms with van der Waals surface area (Å²) in [6.45, 7) is 4.07. The van der Waals surface area contributed by atoms with Gasteiger partial charge in [-0.3, -0.25) is 4.18 Å². The molecule has 5 heteroatoms. The van der Waals surface area contributed by atoms with E-state index < -0.39 is 24.1 Å². The predicted octanol–water partition coefficient (Wildman–Crippen LogP) is 4.52. The highest BCUT2D eigenvalue weighted by atomic mass is 32.2. The lowest BCUT2D eigenvalue weighted by Gasteiger charge is -2.43. The van der Waals surface area contributed by atoms with Gasteiger partial charge in [0.2, 0.25) is 0 Å². The Morgan fingerprint density at radius 1 is 1.04 bits per heavy atom. The molecule has 148 valence electrons. The summed E-state index contributed by atoms with van der Waals surface area (Å²) >= 11 is 0. The maximum Gasteiger partial charge on any atom is 0.264 e. The summed E-state index contributed by atoms with van der Waals surface area (Å²) in [6.07, 6.45) is 8.73. The Hall–Kier alpha value is -1.74. The number of allylic oxidation sites excluding steroid dienone is 4. The monoisotopic (exact) mass is 414 g/mol. The Morgan fingerprint density at radius 2 is 1.57 bits per heavy atom. The van der Waals surface area contributed by atoms with Crippen LogP contribution in [0.1, 0.15) is 26.7 Å². The second-order valence-electron chi connectivity index (χ2n) is 7.44. The third kappa shape index (κ3) is 5.00. The van der Waals surface area contributed by atoms with Gasteiger partial charge in [-0.25, -0.2) is 0 Å². The second kappa shape index (κ2) is 8.73. The molecule has 0 radical (unpaired) electrons. The number of rotatable bonds is 8. The molecule has 2 aromatic carbocycles. The van der Waals surface area contributed by atoms with Crippen LogP contribution in [-0.4, -0.2) is 25.9 Å². The Balaban J connectivity index is 2.12. The summed E-state index contributed by atoms with van der Waals surface area (Å²) in [7, 11) is -4.43. The van der Waals surface area contributed by atoms with Crippen LogP contribution in [0.15, 0.2) is 84.5 Å². The standard InChI is InChI=1S/C23H27O3PS/c1-19(26-28(3,24)25)23(2,18-20-12-10-11-13-20)27(21-14-6-4-7-15-21)22-16-8-5-9-17-22/h4-12,14-17,19H,13,18H2,1-3H3. The van der Waals surface area contributed by atoms with E-state index in [1.54, 1.807) is 0 Å². The highest BCUT2D eigenvalue weighted by molar-refractivity contribution is 7.86. The van der Waals surface area contributed by atoms with Gasteiger partial charge in [0.1, 0.15) is 0 Å². The maximum atomic E-state index is 12.0. The van der Waals surface area contributed by atoms with Gasteiger partial charge in [-0.15, -0.1) is 0 Å². The van der Waals surface area contributed by atoms with Crippen LogP contribution < -0.4 is 10.6 Å². The molecule has 3 rings (SSSR count). The van der Waals surface area contributed by atoms with E-state index in [-0.39, 0.29) is 5.16 Å². The van der Waals surface area contributed by atoms with Crippen LogP contribution in [0.4, 0.5) is 0 Å². The van der Waals surface area contributed by atoms with Crippen molar-refractivity contribution in [1.82, 2.24) is 0 Å². The maximum absolute atomic E-state index is 12.0. The topological polar surface area (TPSA) is 43.4 Å². The van der Waals surface area contributed by atoms with Crippen LogP contribution in [0.5, 0.6) is 0 Å². The van der Waals surface area contributed by atoms with Crippen molar-refractivity contribution in [2.24, 2.45) is 0 Å². The third-order valence-electron chi connectivity index (χ3n) is 5.17. The molecule has 0 N–H and O–H groups in total. The van der Waals surface area contributed by atoms with Gasteiger partial charge < -0.3 is 0 Å². The fourth-order valence-corrected chi connectivity index (χ4v) is 7.75. The van der Waals surface area contributed by atoms with Crippen LogP contribution in [0.3, 0.4) is 0 Å². The Kier molecular flexibility index (Phi) is 6.54. The minimum Gasteiger partial charge on any atom is -0.266 e. The zero-order valence-electron chi connectivity index (χ0n) is 16.6. The quantitative estimate of drug-likeness (QED) is 0.471. The van der Waals surface area contributed by atoms with E-state index in [0.29, 0.717) is 0 Å². The first-order valence-corrected chi connectivity index (χ1v) is 12.6. The van der Waals surface area contributed by atoms with Crippen LogP contribution in [0, 0.1) is 0 Å². The highest BCUT2D eigenvalue weighted by Gasteiger charge is 2.43. The number of hydrogen-bond donors (Lipinski definition) is 0. The predicted molar refractivity (Wildman–Crippen MR) is 119 cm³/mol. The average molecular weight is 415 g/mol. The number of hydrogen-bond acceptors (Lipinski definition) is 3. The molecule has 2 atom stereocenters. The van der Waals surface area contributed by atoms with Crippen LogP contribution in [-0.2, 0) is 14.3 Å². The molecule has 0 saturated heterocycles. The molecule has 2 aromatic rings. The van der Waals surface area contributed by atoms with E-state index in [4.69, 9.17) is 4.18 Å². The average Bonchev–Trinajstić information content (AvgIpc) is 3.15. The summed E-state index contributed by atoms with van der Waals surface area (Å²) in [5.41, 5.74) is 1.31. The largest absolute Gasteiger partial charge is 0.266 e. The second-order valence-corrected chi connectivity index (χ2v) is 11.8. The number of benzene rings is 2. The molecule has 0 bridgehead atoms. The molecule has 0 saturated carbocycles. The molecule has 1 aliphatic carbocycles. The lowest BCUT2D eigenvalue weighted by Crippen LogP contribution is -2.44. The molecule has 0 heterocycles. The first-order valence-electron chi connectivity index (χ1n) is 9.43. The SMILES string of the molecule is CC(OS(C)(=O)=O)C(C)(CC1=CC=CC1)P(c1ccccc1)c1ccccc1. The van der Waals surface area contributed by atoms with Crippen molar-refractivity contribution in [2.75, 3.05) is 6.26 Å². The van der Waals surface area contributed by atoms with Crippen molar-refractivity contribution >= 4 is 28.6 Å². The van der Waals surface area contributed by atoms with Gasteiger partial charge >= 0.3 is 0 Å². The van der Waals surface area contributed by atoms with Crippen molar-refractivity contribution in [3.63, 3.8) is 0 Å². The molecule has 1 aliphatic rings. The van der Waals surface area contributed by atoms with Gasteiger partial charge in [0.15, 0.2) is 0 Å². The summed E-state index contributed by atoms with van der Waals surface area (Å²) in [6, 6.07) is 20.8. The van der Waals surface area contributed by atoms with Crippen molar-refractivity contribution in [3.8, 4) is 0 Å². The van der Waals surface area contributed by atoms with E-state index in [0.717, 1.165) is 19.1 Å². The lowest BCUT2D eigenvalue weighted by molar-refractivity contribution is 0.186. The zero-order chi connectivity index (χ0) is 20.2. The fraction of sp³-hybridized carbons (Fsp3) is 0.304. The van der Waals surface area contributed by atoms with Crippen LogP contribution in [0.2, 0.25) is 0 Å². The summed E-state index contributed by atoms with van der Waals surface area (Å²) in [4.78, 5) is 0. The van der Waals surface area contributed by atoms with E-state index in [1.165, 1.54) is 16.2 Å². The third-order valence-corrected chi connectivity index (χ3v) is 8.98. The van der Waals surface area contributed by atoms with E-state index in [9.17, 15) is 8.42 Å².